The summed E-state index contributed by atoms with van der Waals surface area (Å²) in [6.45, 7) is 20.9. The SMILES string of the molecule is CC1=C(CC/C(C)=C/C=C/C(C)=C/CC/C=C(C)/C=C/C=C(\C)CC/C=C(\C)CC[C@H](O)C(C)(C)O)C(C)(C)C[C@H](O)C1. The molecule has 0 aliphatic heterocycles. The molecule has 3 nitrogen and oxygen atoms in total. The van der Waals surface area contributed by atoms with Crippen molar-refractivity contribution in [1.82, 2.24) is 0 Å². The smallest absolute Gasteiger partial charge is 0.0849 e. The quantitative estimate of drug-likeness (QED) is 0.0894. The summed E-state index contributed by atoms with van der Waals surface area (Å²) in [5.74, 6) is 0. The van der Waals surface area contributed by atoms with Gasteiger partial charge in [-0.1, -0.05) is 108 Å². The third kappa shape index (κ3) is 17.0. The summed E-state index contributed by atoms with van der Waals surface area (Å²) in [6.07, 6.45) is 28.4. The van der Waals surface area contributed by atoms with Gasteiger partial charge in [0, 0.05) is 0 Å². The fourth-order valence-electron chi connectivity index (χ4n) is 5.73. The Balaban J connectivity index is 2.41. The molecule has 0 spiro atoms. The zero-order chi connectivity index (χ0) is 32.6. The molecule has 0 aromatic rings. The fraction of sp³-hybridized carbons (Fsp3) is 0.600. The van der Waals surface area contributed by atoms with Crippen LogP contribution in [0.15, 0.2) is 93.7 Å². The summed E-state index contributed by atoms with van der Waals surface area (Å²) >= 11 is 0. The molecule has 0 aromatic heterocycles. The molecule has 3 heteroatoms. The van der Waals surface area contributed by atoms with Gasteiger partial charge in [0.25, 0.3) is 0 Å². The van der Waals surface area contributed by atoms with Crippen molar-refractivity contribution in [2.75, 3.05) is 0 Å². The van der Waals surface area contributed by atoms with Gasteiger partial charge in [-0.3, -0.25) is 0 Å². The molecule has 1 aliphatic carbocycles. The van der Waals surface area contributed by atoms with Gasteiger partial charge in [-0.05, 0) is 125 Å². The normalized spacial score (nSPS) is 20.6. The van der Waals surface area contributed by atoms with Gasteiger partial charge in [0.1, 0.15) is 0 Å². The average Bonchev–Trinajstić information content (AvgIpc) is 2.88. The second kappa shape index (κ2) is 19.2. The molecule has 0 unspecified atom stereocenters. The zero-order valence-corrected chi connectivity index (χ0v) is 29.3. The van der Waals surface area contributed by atoms with Crippen LogP contribution in [0.3, 0.4) is 0 Å². The first-order valence-electron chi connectivity index (χ1n) is 16.5. The summed E-state index contributed by atoms with van der Waals surface area (Å²) in [6, 6.07) is 0. The molecular formula is C40H64O3. The van der Waals surface area contributed by atoms with Crippen LogP contribution in [0.1, 0.15) is 133 Å². The Kier molecular flexibility index (Phi) is 17.4. The van der Waals surface area contributed by atoms with Crippen molar-refractivity contribution in [3.63, 3.8) is 0 Å². The molecule has 0 fully saturated rings. The molecule has 242 valence electrons. The maximum absolute atomic E-state index is 10.1. The van der Waals surface area contributed by atoms with Crippen LogP contribution >= 0.6 is 0 Å². The first kappa shape index (κ1) is 38.8. The molecule has 0 amide bonds. The summed E-state index contributed by atoms with van der Waals surface area (Å²) in [4.78, 5) is 0. The van der Waals surface area contributed by atoms with Crippen LogP contribution in [-0.2, 0) is 0 Å². The summed E-state index contributed by atoms with van der Waals surface area (Å²) in [5.41, 5.74) is 8.56. The molecule has 0 aromatic carbocycles. The van der Waals surface area contributed by atoms with Crippen LogP contribution in [-0.4, -0.2) is 33.1 Å². The van der Waals surface area contributed by atoms with E-state index in [0.29, 0.717) is 6.42 Å². The van der Waals surface area contributed by atoms with Crippen LogP contribution in [0, 0.1) is 5.41 Å². The number of aliphatic hydroxyl groups excluding tert-OH is 2. The van der Waals surface area contributed by atoms with Crippen molar-refractivity contribution in [2.24, 2.45) is 5.41 Å². The molecule has 3 N–H and O–H groups in total. The largest absolute Gasteiger partial charge is 0.393 e. The van der Waals surface area contributed by atoms with Gasteiger partial charge in [-0.25, -0.2) is 0 Å². The lowest BCUT2D eigenvalue weighted by Gasteiger charge is -2.37. The molecule has 0 radical (unpaired) electrons. The Morgan fingerprint density at radius 1 is 0.837 bits per heavy atom. The fourth-order valence-corrected chi connectivity index (χ4v) is 5.73. The minimum atomic E-state index is -1.04. The highest BCUT2D eigenvalue weighted by atomic mass is 16.3. The van der Waals surface area contributed by atoms with Crippen LogP contribution in [0.25, 0.3) is 0 Å². The summed E-state index contributed by atoms with van der Waals surface area (Å²) in [7, 11) is 0. The van der Waals surface area contributed by atoms with Gasteiger partial charge >= 0.3 is 0 Å². The minimum absolute atomic E-state index is 0.0966. The van der Waals surface area contributed by atoms with E-state index in [0.717, 1.165) is 57.8 Å². The van der Waals surface area contributed by atoms with Crippen molar-refractivity contribution in [3.8, 4) is 0 Å². The van der Waals surface area contributed by atoms with Crippen molar-refractivity contribution < 1.29 is 15.3 Å². The predicted octanol–water partition coefficient (Wildman–Crippen LogP) is 10.6. The van der Waals surface area contributed by atoms with Crippen molar-refractivity contribution >= 4 is 0 Å². The first-order chi connectivity index (χ1) is 20.0. The van der Waals surface area contributed by atoms with Crippen molar-refractivity contribution in [2.45, 2.75) is 151 Å². The highest BCUT2D eigenvalue weighted by Crippen LogP contribution is 2.42. The van der Waals surface area contributed by atoms with Crippen LogP contribution in [0.4, 0.5) is 0 Å². The standard InChI is InChI=1S/C40H64O3/c1-30(18-13-20-32(3)21-15-23-34(5)25-27-38(42)40(9,10)43)16-11-12-17-31(2)19-14-22-33(4)24-26-37-35(6)28-36(41)29-39(37,7)8/h13-14,16-20,22-23,36,38,41-43H,11-12,15,21,24-29H2,1-10H3/b18-13+,19-14+,30-16+,31-17+,32-20+,33-22+,34-23+/t36-,38+/m1/s1. The number of allylic oxidation sites excluding steroid dienone is 15. The molecular weight excluding hydrogens is 528 g/mol. The Bertz CT molecular complexity index is 1110. The number of aliphatic hydroxyl groups is 3. The molecule has 0 bridgehead atoms. The lowest BCUT2D eigenvalue weighted by atomic mass is 9.70. The number of rotatable bonds is 17. The lowest BCUT2D eigenvalue weighted by molar-refractivity contribution is -0.0509. The summed E-state index contributed by atoms with van der Waals surface area (Å²) in [5, 5.41) is 30.0. The van der Waals surface area contributed by atoms with Crippen LogP contribution < -0.4 is 0 Å². The van der Waals surface area contributed by atoms with Gasteiger partial charge < -0.3 is 15.3 Å². The third-order valence-electron chi connectivity index (χ3n) is 8.63. The third-order valence-corrected chi connectivity index (χ3v) is 8.63. The topological polar surface area (TPSA) is 60.7 Å². The van der Waals surface area contributed by atoms with Gasteiger partial charge in [0.2, 0.25) is 0 Å². The van der Waals surface area contributed by atoms with E-state index in [1.54, 1.807) is 13.8 Å². The monoisotopic (exact) mass is 592 g/mol. The molecule has 0 heterocycles. The Morgan fingerprint density at radius 3 is 1.88 bits per heavy atom. The maximum Gasteiger partial charge on any atom is 0.0849 e. The van der Waals surface area contributed by atoms with E-state index >= 15 is 0 Å². The molecule has 1 rings (SSSR count). The van der Waals surface area contributed by atoms with Gasteiger partial charge in [0.15, 0.2) is 0 Å². The Hall–Kier alpha value is -2.20. The maximum atomic E-state index is 10.1. The number of hydrogen-bond acceptors (Lipinski definition) is 3. The van der Waals surface area contributed by atoms with E-state index in [-0.39, 0.29) is 11.5 Å². The van der Waals surface area contributed by atoms with E-state index in [1.165, 1.54) is 39.0 Å². The second-order valence-corrected chi connectivity index (χ2v) is 14.2. The summed E-state index contributed by atoms with van der Waals surface area (Å²) < 4.78 is 0. The van der Waals surface area contributed by atoms with Crippen molar-refractivity contribution in [1.29, 1.82) is 0 Å². The second-order valence-electron chi connectivity index (χ2n) is 14.2. The zero-order valence-electron chi connectivity index (χ0n) is 29.3. The highest BCUT2D eigenvalue weighted by molar-refractivity contribution is 5.27. The first-order valence-corrected chi connectivity index (χ1v) is 16.5. The number of unbranched alkanes of at least 4 members (excludes halogenated alkanes) is 1. The molecule has 43 heavy (non-hydrogen) atoms. The van der Waals surface area contributed by atoms with E-state index in [4.69, 9.17) is 0 Å². The predicted molar refractivity (Wildman–Crippen MR) is 188 cm³/mol. The molecule has 1 aliphatic rings. The minimum Gasteiger partial charge on any atom is -0.393 e. The average molecular weight is 593 g/mol. The van der Waals surface area contributed by atoms with E-state index in [9.17, 15) is 15.3 Å². The van der Waals surface area contributed by atoms with E-state index in [1.807, 2.05) is 0 Å². The van der Waals surface area contributed by atoms with Crippen LogP contribution in [0.2, 0.25) is 0 Å². The lowest BCUT2D eigenvalue weighted by Crippen LogP contribution is -2.35. The highest BCUT2D eigenvalue weighted by Gasteiger charge is 2.32. The molecule has 2 atom stereocenters. The van der Waals surface area contributed by atoms with Gasteiger partial charge in [-0.15, -0.1) is 0 Å². The Morgan fingerprint density at radius 2 is 1.37 bits per heavy atom. The van der Waals surface area contributed by atoms with Crippen molar-refractivity contribution in [3.05, 3.63) is 93.7 Å². The number of hydrogen-bond donors (Lipinski definition) is 3. The molecule has 0 saturated carbocycles. The van der Waals surface area contributed by atoms with Gasteiger partial charge in [-0.2, -0.15) is 0 Å². The van der Waals surface area contributed by atoms with E-state index < -0.39 is 11.7 Å². The Labute approximate surface area is 265 Å². The van der Waals surface area contributed by atoms with Crippen LogP contribution in [0.5, 0.6) is 0 Å². The van der Waals surface area contributed by atoms with E-state index in [2.05, 4.69) is 110 Å². The molecule has 0 saturated heterocycles. The van der Waals surface area contributed by atoms with Gasteiger partial charge in [0.05, 0.1) is 17.8 Å².